The number of ether oxygens (including phenoxy) is 2. The van der Waals surface area contributed by atoms with Gasteiger partial charge in [-0.1, -0.05) is 13.8 Å². The lowest BCUT2D eigenvalue weighted by molar-refractivity contribution is -0.0173. The fraction of sp³-hybridized carbons (Fsp3) is 0.760. The Hall–Kier alpha value is -1.20. The number of sulfonamides is 2. The molecule has 0 spiro atoms. The van der Waals surface area contributed by atoms with Gasteiger partial charge in [0.25, 0.3) is 0 Å². The summed E-state index contributed by atoms with van der Waals surface area (Å²) in [6, 6.07) is 3.91. The van der Waals surface area contributed by atoms with Gasteiger partial charge in [0.15, 0.2) is 0 Å². The van der Waals surface area contributed by atoms with Crippen molar-refractivity contribution >= 4 is 20.0 Å². The molecule has 0 radical (unpaired) electrons. The minimum Gasteiger partial charge on any atom is -0.493 e. The molecule has 3 aliphatic rings. The molecule has 2 heterocycles. The van der Waals surface area contributed by atoms with Crippen LogP contribution in [0.25, 0.3) is 0 Å². The molecule has 0 amide bonds. The van der Waals surface area contributed by atoms with Crippen LogP contribution in [-0.4, -0.2) is 65.3 Å². The van der Waals surface area contributed by atoms with Crippen molar-refractivity contribution in [1.29, 1.82) is 0 Å². The summed E-state index contributed by atoms with van der Waals surface area (Å²) in [5.41, 5.74) is 0.898. The molecule has 4 rings (SSSR count). The van der Waals surface area contributed by atoms with E-state index >= 15 is 0 Å². The first-order valence-corrected chi connectivity index (χ1v) is 16.2. The molecule has 35 heavy (non-hydrogen) atoms. The molecule has 1 saturated heterocycles. The van der Waals surface area contributed by atoms with Crippen LogP contribution in [0.1, 0.15) is 64.4 Å². The van der Waals surface area contributed by atoms with Crippen LogP contribution in [0, 0.1) is 11.8 Å². The second-order valence-corrected chi connectivity index (χ2v) is 14.3. The molecular formula is C25H40N2O6S2. The number of rotatable bonds is 8. The quantitative estimate of drug-likeness (QED) is 0.555. The normalized spacial score (nSPS) is 28.5. The summed E-state index contributed by atoms with van der Waals surface area (Å²) in [7, 11) is -7.35. The highest BCUT2D eigenvalue weighted by Crippen LogP contribution is 2.34. The Labute approximate surface area is 210 Å². The summed E-state index contributed by atoms with van der Waals surface area (Å²) >= 11 is 0. The number of hydrogen-bond donors (Lipinski definition) is 1. The van der Waals surface area contributed by atoms with Gasteiger partial charge in [0.05, 0.1) is 36.5 Å². The molecule has 2 atom stereocenters. The number of nitrogens with zero attached hydrogens (tertiary/aromatic N) is 1. The maximum Gasteiger partial charge on any atom is 0.243 e. The Balaban J connectivity index is 1.55. The molecule has 1 aliphatic carbocycles. The molecule has 8 nitrogen and oxygen atoms in total. The second-order valence-electron chi connectivity index (χ2n) is 10.7. The van der Waals surface area contributed by atoms with Crippen molar-refractivity contribution < 1.29 is 26.3 Å². The lowest BCUT2D eigenvalue weighted by Gasteiger charge is -2.41. The molecule has 1 saturated carbocycles. The highest BCUT2D eigenvalue weighted by molar-refractivity contribution is 7.89. The maximum atomic E-state index is 13.8. The number of fused-ring (bicyclic) bond motifs is 1. The largest absolute Gasteiger partial charge is 0.493 e. The van der Waals surface area contributed by atoms with Crippen LogP contribution in [0.3, 0.4) is 0 Å². The third kappa shape index (κ3) is 6.57. The smallest absolute Gasteiger partial charge is 0.243 e. The minimum absolute atomic E-state index is 0.0799. The van der Waals surface area contributed by atoms with Gasteiger partial charge < -0.3 is 9.47 Å². The van der Waals surface area contributed by atoms with Crippen molar-refractivity contribution in [3.8, 4) is 5.75 Å². The molecule has 198 valence electrons. The zero-order valence-electron chi connectivity index (χ0n) is 21.1. The number of piperidine rings is 1. The standard InChI is InChI=1S/C25H40N2O6S2/c1-18(2)19-8-10-21(11-9-19)33-17-24-23(26-34(3,28)29)7-4-14-27(24)35(30,31)22-12-13-25-20(16-22)6-5-15-32-25/h12-13,16,18-19,21,23-24,26H,4-11,14-15,17H2,1-3H3/t19?,21?,23-,24-/m0/s1. The molecule has 1 aromatic rings. The lowest BCUT2D eigenvalue weighted by atomic mass is 9.80. The first-order valence-electron chi connectivity index (χ1n) is 12.9. The Kier molecular flexibility index (Phi) is 8.47. The molecular weight excluding hydrogens is 488 g/mol. The average Bonchev–Trinajstić information content (AvgIpc) is 2.82. The van der Waals surface area contributed by atoms with E-state index in [0.717, 1.165) is 56.1 Å². The van der Waals surface area contributed by atoms with Crippen molar-refractivity contribution in [2.45, 2.75) is 88.3 Å². The number of nitrogens with one attached hydrogen (secondary N) is 1. The third-order valence-electron chi connectivity index (χ3n) is 7.74. The van der Waals surface area contributed by atoms with Gasteiger partial charge >= 0.3 is 0 Å². The predicted octanol–water partition coefficient (Wildman–Crippen LogP) is 3.31. The van der Waals surface area contributed by atoms with Crippen LogP contribution in [0.15, 0.2) is 23.1 Å². The van der Waals surface area contributed by atoms with Crippen LogP contribution < -0.4 is 9.46 Å². The van der Waals surface area contributed by atoms with E-state index in [4.69, 9.17) is 9.47 Å². The Morgan fingerprint density at radius 1 is 1.09 bits per heavy atom. The van der Waals surface area contributed by atoms with Crippen LogP contribution in [-0.2, 0) is 31.2 Å². The molecule has 0 aromatic heterocycles. The number of benzene rings is 1. The number of hydrogen-bond acceptors (Lipinski definition) is 6. The SMILES string of the molecule is CC(C)C1CCC(OC[C@H]2[C@@H](NS(C)(=O)=O)CCCN2S(=O)(=O)c2ccc3c(c2)CCCO3)CC1. The molecule has 2 fully saturated rings. The fourth-order valence-electron chi connectivity index (χ4n) is 5.73. The van der Waals surface area contributed by atoms with E-state index in [-0.39, 0.29) is 17.6 Å². The molecule has 0 bridgehead atoms. The average molecular weight is 529 g/mol. The number of aryl methyl sites for hydroxylation is 1. The molecule has 1 aromatic carbocycles. The van der Waals surface area contributed by atoms with E-state index in [9.17, 15) is 16.8 Å². The van der Waals surface area contributed by atoms with Crippen LogP contribution in [0.4, 0.5) is 0 Å². The minimum atomic E-state index is -3.84. The molecule has 1 N–H and O–H groups in total. The Bertz CT molecular complexity index is 1080. The third-order valence-corrected chi connectivity index (χ3v) is 10.4. The Morgan fingerprint density at radius 3 is 2.51 bits per heavy atom. The summed E-state index contributed by atoms with van der Waals surface area (Å²) < 4.78 is 67.9. The monoisotopic (exact) mass is 528 g/mol. The highest BCUT2D eigenvalue weighted by atomic mass is 32.2. The van der Waals surface area contributed by atoms with E-state index < -0.39 is 32.1 Å². The van der Waals surface area contributed by atoms with E-state index in [2.05, 4.69) is 18.6 Å². The Morgan fingerprint density at radius 2 is 1.83 bits per heavy atom. The highest BCUT2D eigenvalue weighted by Gasteiger charge is 2.41. The van der Waals surface area contributed by atoms with Crippen LogP contribution in [0.2, 0.25) is 0 Å². The van der Waals surface area contributed by atoms with Gasteiger partial charge in [-0.25, -0.2) is 21.6 Å². The summed E-state index contributed by atoms with van der Waals surface area (Å²) in [6.45, 7) is 5.67. The lowest BCUT2D eigenvalue weighted by Crippen LogP contribution is -2.58. The molecule has 2 aliphatic heterocycles. The van der Waals surface area contributed by atoms with Crippen LogP contribution in [0.5, 0.6) is 5.75 Å². The summed E-state index contributed by atoms with van der Waals surface area (Å²) in [5, 5.41) is 0. The van der Waals surface area contributed by atoms with E-state index in [1.54, 1.807) is 18.2 Å². The van der Waals surface area contributed by atoms with Gasteiger partial charge in [-0.2, -0.15) is 4.31 Å². The molecule has 10 heteroatoms. The van der Waals surface area contributed by atoms with Crippen molar-refractivity contribution in [3.63, 3.8) is 0 Å². The van der Waals surface area contributed by atoms with Crippen molar-refractivity contribution in [2.75, 3.05) is 26.0 Å². The van der Waals surface area contributed by atoms with Crippen molar-refractivity contribution in [3.05, 3.63) is 23.8 Å². The van der Waals surface area contributed by atoms with Crippen molar-refractivity contribution in [1.82, 2.24) is 9.03 Å². The van der Waals surface area contributed by atoms with Gasteiger partial charge in [-0.05, 0) is 87.0 Å². The molecule has 0 unspecified atom stereocenters. The second kappa shape index (κ2) is 11.0. The summed E-state index contributed by atoms with van der Waals surface area (Å²) in [5.74, 6) is 2.09. The van der Waals surface area contributed by atoms with Gasteiger partial charge in [0.1, 0.15) is 5.75 Å². The zero-order chi connectivity index (χ0) is 25.2. The van der Waals surface area contributed by atoms with Crippen LogP contribution >= 0.6 is 0 Å². The van der Waals surface area contributed by atoms with E-state index in [0.29, 0.717) is 37.8 Å². The summed E-state index contributed by atoms with van der Waals surface area (Å²) in [6.07, 6.45) is 8.12. The first-order chi connectivity index (χ1) is 16.5. The van der Waals surface area contributed by atoms with Gasteiger partial charge in [-0.15, -0.1) is 0 Å². The predicted molar refractivity (Wildman–Crippen MR) is 135 cm³/mol. The zero-order valence-corrected chi connectivity index (χ0v) is 22.7. The first kappa shape index (κ1) is 26.9. The van der Waals surface area contributed by atoms with E-state index in [1.807, 2.05) is 0 Å². The van der Waals surface area contributed by atoms with Gasteiger partial charge in [-0.3, -0.25) is 0 Å². The van der Waals surface area contributed by atoms with Crippen molar-refractivity contribution in [2.24, 2.45) is 11.8 Å². The van der Waals surface area contributed by atoms with Gasteiger partial charge in [0, 0.05) is 12.6 Å². The fourth-order valence-corrected chi connectivity index (χ4v) is 8.29. The maximum absolute atomic E-state index is 13.8. The van der Waals surface area contributed by atoms with E-state index in [1.165, 1.54) is 4.31 Å². The topological polar surface area (TPSA) is 102 Å². The van der Waals surface area contributed by atoms with Gasteiger partial charge in [0.2, 0.25) is 20.0 Å². The summed E-state index contributed by atoms with van der Waals surface area (Å²) in [4.78, 5) is 0.226.